The van der Waals surface area contributed by atoms with E-state index in [4.69, 9.17) is 5.73 Å². The monoisotopic (exact) mass is 365 g/mol. The number of carbonyl (C=O) groups is 1. The van der Waals surface area contributed by atoms with Crippen LogP contribution >= 0.6 is 0 Å². The van der Waals surface area contributed by atoms with Gasteiger partial charge in [0.1, 0.15) is 17.8 Å². The van der Waals surface area contributed by atoms with Crippen molar-refractivity contribution >= 4 is 28.3 Å². The Morgan fingerprint density at radius 1 is 1.30 bits per heavy atom. The lowest BCUT2D eigenvalue weighted by molar-refractivity contribution is -0.117. The molecule has 0 bridgehead atoms. The predicted octanol–water partition coefficient (Wildman–Crippen LogP) is 3.44. The number of nitrogens with zero attached hydrogens (tertiary/aromatic N) is 3. The van der Waals surface area contributed by atoms with E-state index in [-0.39, 0.29) is 12.3 Å². The molecule has 0 saturated heterocycles. The highest BCUT2D eigenvalue weighted by molar-refractivity contribution is 5.98. The summed E-state index contributed by atoms with van der Waals surface area (Å²) in [6, 6.07) is 5.67. The average molecular weight is 365 g/mol. The molecule has 138 valence electrons. The summed E-state index contributed by atoms with van der Waals surface area (Å²) in [7, 11) is 0. The highest BCUT2D eigenvalue weighted by Gasteiger charge is 2.43. The van der Waals surface area contributed by atoms with E-state index < -0.39 is 12.1 Å². The first-order chi connectivity index (χ1) is 13.0. The summed E-state index contributed by atoms with van der Waals surface area (Å²) in [5, 5.41) is 4.19. The number of aromatic nitrogens is 3. The lowest BCUT2D eigenvalue weighted by Crippen LogP contribution is -2.15. The zero-order valence-electron chi connectivity index (χ0n) is 15.2. The Labute approximate surface area is 156 Å². The molecule has 2 atom stereocenters. The predicted molar refractivity (Wildman–Crippen MR) is 103 cm³/mol. The first-order valence-electron chi connectivity index (χ1n) is 8.93. The Kier molecular flexibility index (Phi) is 4.22. The van der Waals surface area contributed by atoms with Crippen molar-refractivity contribution in [3.05, 3.63) is 41.9 Å². The van der Waals surface area contributed by atoms with E-state index in [0.717, 1.165) is 34.3 Å². The number of rotatable bonds is 4. The second kappa shape index (κ2) is 6.57. The van der Waals surface area contributed by atoms with Gasteiger partial charge in [0.15, 0.2) is 0 Å². The van der Waals surface area contributed by atoms with Crippen molar-refractivity contribution in [2.75, 3.05) is 11.1 Å². The summed E-state index contributed by atoms with van der Waals surface area (Å²) in [5.41, 5.74) is 9.83. The molecule has 3 aromatic heterocycles. The lowest BCUT2D eigenvalue weighted by atomic mass is 10.0. The van der Waals surface area contributed by atoms with Crippen molar-refractivity contribution in [2.45, 2.75) is 32.9 Å². The smallest absolute Gasteiger partial charge is 0.231 e. The molecule has 6 nitrogen and oxygen atoms in total. The number of pyridine rings is 3. The van der Waals surface area contributed by atoms with Crippen molar-refractivity contribution < 1.29 is 9.18 Å². The maximum Gasteiger partial charge on any atom is 0.231 e. The molecule has 1 fully saturated rings. The van der Waals surface area contributed by atoms with Gasteiger partial charge >= 0.3 is 0 Å². The number of hydrogen-bond donors (Lipinski definition) is 2. The normalized spacial score (nSPS) is 18.5. The minimum atomic E-state index is -1.04. The third kappa shape index (κ3) is 3.32. The number of hydrogen-bond acceptors (Lipinski definition) is 5. The van der Waals surface area contributed by atoms with Gasteiger partial charge in [0.05, 0.1) is 11.6 Å². The van der Waals surface area contributed by atoms with Crippen LogP contribution in [0.1, 0.15) is 24.6 Å². The number of nitrogens with two attached hydrogens (primary N) is 1. The third-order valence-corrected chi connectivity index (χ3v) is 4.84. The standard InChI is InChI=1S/C20H20FN5O/c1-3-12-6-13(10(2)8-23-12)17-4-11-5-18(24-9-15(11)19(22)25-17)26-20(27)14-7-16(14)21/h4-6,8-9,14,16H,3,7H2,1-2H3,(H2,22,25)(H,24,26,27)/t14-,16+/m0/s1. The maximum absolute atomic E-state index is 13.1. The molecule has 3 N–H and O–H groups in total. The van der Waals surface area contributed by atoms with Crippen LogP contribution in [0.5, 0.6) is 0 Å². The first kappa shape index (κ1) is 17.3. The van der Waals surface area contributed by atoms with Gasteiger partial charge in [-0.3, -0.25) is 9.78 Å². The number of alkyl halides is 1. The molecule has 27 heavy (non-hydrogen) atoms. The topological polar surface area (TPSA) is 93.8 Å². The number of halogens is 1. The Hall–Kier alpha value is -3.09. The Balaban J connectivity index is 1.74. The number of nitrogen functional groups attached to an aromatic ring is 1. The fourth-order valence-electron chi connectivity index (χ4n) is 3.07. The van der Waals surface area contributed by atoms with Gasteiger partial charge in [-0.1, -0.05) is 6.92 Å². The highest BCUT2D eigenvalue weighted by atomic mass is 19.1. The van der Waals surface area contributed by atoms with E-state index in [1.165, 1.54) is 0 Å². The number of anilines is 2. The van der Waals surface area contributed by atoms with Crippen molar-refractivity contribution in [1.29, 1.82) is 0 Å². The van der Waals surface area contributed by atoms with Crippen LogP contribution in [0.2, 0.25) is 0 Å². The molecule has 0 unspecified atom stereocenters. The zero-order chi connectivity index (χ0) is 19.1. The van der Waals surface area contributed by atoms with Gasteiger partial charge in [-0.05, 0) is 48.9 Å². The minimum absolute atomic E-state index is 0.279. The van der Waals surface area contributed by atoms with Gasteiger partial charge in [0.2, 0.25) is 5.91 Å². The van der Waals surface area contributed by atoms with Crippen LogP contribution in [0, 0.1) is 12.8 Å². The molecule has 3 aromatic rings. The molecule has 7 heteroatoms. The molecular formula is C20H20FN5O. The first-order valence-corrected chi connectivity index (χ1v) is 8.93. The minimum Gasteiger partial charge on any atom is -0.383 e. The van der Waals surface area contributed by atoms with Crippen molar-refractivity contribution in [1.82, 2.24) is 15.0 Å². The summed E-state index contributed by atoms with van der Waals surface area (Å²) >= 11 is 0. The van der Waals surface area contributed by atoms with Gasteiger partial charge in [0, 0.05) is 29.0 Å². The van der Waals surface area contributed by atoms with E-state index in [1.54, 1.807) is 12.3 Å². The van der Waals surface area contributed by atoms with Crippen molar-refractivity contribution in [3.8, 4) is 11.3 Å². The summed E-state index contributed by atoms with van der Waals surface area (Å²) in [6.07, 6.45) is 3.47. The fraction of sp³-hybridized carbons (Fsp3) is 0.300. The molecule has 0 aliphatic heterocycles. The van der Waals surface area contributed by atoms with Gasteiger partial charge in [-0.25, -0.2) is 14.4 Å². The van der Waals surface area contributed by atoms with E-state index in [0.29, 0.717) is 17.0 Å². The summed E-state index contributed by atoms with van der Waals surface area (Å²) in [5.74, 6) is -0.154. The number of nitrogens with one attached hydrogen (secondary N) is 1. The second-order valence-corrected chi connectivity index (χ2v) is 6.87. The second-order valence-electron chi connectivity index (χ2n) is 6.87. The number of carbonyl (C=O) groups excluding carboxylic acids is 1. The van der Waals surface area contributed by atoms with E-state index in [9.17, 15) is 9.18 Å². The van der Waals surface area contributed by atoms with Crippen LogP contribution in [0.3, 0.4) is 0 Å². The SMILES string of the molecule is CCc1cc(-c2cc3cc(NC(=O)[C@H]4C[C@H]4F)ncc3c(N)n2)c(C)cn1. The molecule has 1 amide bonds. The van der Waals surface area contributed by atoms with Crippen LogP contribution in [-0.4, -0.2) is 27.0 Å². The van der Waals surface area contributed by atoms with Crippen molar-refractivity contribution in [2.24, 2.45) is 5.92 Å². The van der Waals surface area contributed by atoms with E-state index in [2.05, 4.69) is 20.3 Å². The lowest BCUT2D eigenvalue weighted by Gasteiger charge is -2.11. The molecule has 0 radical (unpaired) electrons. The maximum atomic E-state index is 13.1. The van der Waals surface area contributed by atoms with Crippen LogP contribution in [0.15, 0.2) is 30.6 Å². The zero-order valence-corrected chi connectivity index (χ0v) is 15.2. The Morgan fingerprint density at radius 3 is 2.78 bits per heavy atom. The van der Waals surface area contributed by atoms with E-state index >= 15 is 0 Å². The largest absolute Gasteiger partial charge is 0.383 e. The van der Waals surface area contributed by atoms with E-state index in [1.807, 2.05) is 32.2 Å². The molecule has 1 saturated carbocycles. The fourth-order valence-corrected chi connectivity index (χ4v) is 3.07. The van der Waals surface area contributed by atoms with Crippen LogP contribution in [-0.2, 0) is 11.2 Å². The average Bonchev–Trinajstić information content (AvgIpc) is 3.38. The third-order valence-electron chi connectivity index (χ3n) is 4.84. The Morgan fingerprint density at radius 2 is 2.07 bits per heavy atom. The number of fused-ring (bicyclic) bond motifs is 1. The van der Waals surface area contributed by atoms with Crippen molar-refractivity contribution in [3.63, 3.8) is 0 Å². The highest BCUT2D eigenvalue weighted by Crippen LogP contribution is 2.35. The molecule has 1 aliphatic rings. The molecule has 1 aliphatic carbocycles. The summed E-state index contributed by atoms with van der Waals surface area (Å²) in [4.78, 5) is 25.1. The van der Waals surface area contributed by atoms with Gasteiger partial charge in [-0.2, -0.15) is 0 Å². The Bertz CT molecular complexity index is 1050. The van der Waals surface area contributed by atoms with Gasteiger partial charge in [-0.15, -0.1) is 0 Å². The molecular weight excluding hydrogens is 345 g/mol. The number of aryl methyl sites for hydroxylation is 2. The van der Waals surface area contributed by atoms with Gasteiger partial charge < -0.3 is 11.1 Å². The van der Waals surface area contributed by atoms with Gasteiger partial charge in [0.25, 0.3) is 0 Å². The molecule has 3 heterocycles. The summed E-state index contributed by atoms with van der Waals surface area (Å²) < 4.78 is 13.1. The van der Waals surface area contributed by atoms with Crippen LogP contribution in [0.4, 0.5) is 16.0 Å². The molecule has 0 aromatic carbocycles. The molecule has 4 rings (SSSR count). The summed E-state index contributed by atoms with van der Waals surface area (Å²) in [6.45, 7) is 4.02. The number of amides is 1. The molecule has 0 spiro atoms. The van der Waals surface area contributed by atoms with Crippen LogP contribution < -0.4 is 11.1 Å². The van der Waals surface area contributed by atoms with Crippen LogP contribution in [0.25, 0.3) is 22.0 Å². The quantitative estimate of drug-likeness (QED) is 0.739.